The number of rotatable bonds is 4. The smallest absolute Gasteiger partial charge is 0.148 e. The molecule has 0 saturated heterocycles. The first-order valence-corrected chi connectivity index (χ1v) is 10.8. The highest BCUT2D eigenvalue weighted by atomic mass is 19.1. The average molecular weight is 468 g/mol. The Labute approximate surface area is 198 Å². The zero-order valence-corrected chi connectivity index (χ0v) is 18.8. The molecule has 0 unspecified atom stereocenters. The highest BCUT2D eigenvalue weighted by Crippen LogP contribution is 2.39. The van der Waals surface area contributed by atoms with Crippen molar-refractivity contribution in [2.75, 3.05) is 14.2 Å². The van der Waals surface area contributed by atoms with Crippen molar-refractivity contribution >= 4 is 32.8 Å². The molecule has 3 aromatic heterocycles. The third kappa shape index (κ3) is 3.25. The summed E-state index contributed by atoms with van der Waals surface area (Å²) in [6.07, 6.45) is 3.41. The van der Waals surface area contributed by atoms with Crippen molar-refractivity contribution in [2.45, 2.75) is 0 Å². The maximum Gasteiger partial charge on any atom is 0.148 e. The molecular weight excluding hydrogens is 450 g/mol. The van der Waals surface area contributed by atoms with Gasteiger partial charge in [-0.25, -0.2) is 13.8 Å². The van der Waals surface area contributed by atoms with Crippen molar-refractivity contribution in [3.8, 4) is 28.6 Å². The lowest BCUT2D eigenvalue weighted by Gasteiger charge is -2.14. The van der Waals surface area contributed by atoms with E-state index in [2.05, 4.69) is 9.97 Å². The van der Waals surface area contributed by atoms with Gasteiger partial charge in [0.25, 0.3) is 0 Å². The number of hydrogen-bond acceptors (Lipinski definition) is 5. The molecule has 0 aliphatic heterocycles. The van der Waals surface area contributed by atoms with Crippen LogP contribution in [-0.4, -0.2) is 33.7 Å². The van der Waals surface area contributed by atoms with E-state index in [1.807, 2.05) is 41.0 Å². The minimum Gasteiger partial charge on any atom is -0.497 e. The lowest BCUT2D eigenvalue weighted by Crippen LogP contribution is -2.01. The van der Waals surface area contributed by atoms with E-state index in [-0.39, 0.29) is 5.56 Å². The van der Waals surface area contributed by atoms with E-state index < -0.39 is 11.6 Å². The molecule has 0 amide bonds. The molecule has 0 spiro atoms. The third-order valence-corrected chi connectivity index (χ3v) is 5.99. The minimum atomic E-state index is -0.721. The molecule has 35 heavy (non-hydrogen) atoms. The molecule has 6 rings (SSSR count). The predicted molar refractivity (Wildman–Crippen MR) is 130 cm³/mol. The zero-order valence-electron chi connectivity index (χ0n) is 18.8. The first-order chi connectivity index (χ1) is 17.1. The van der Waals surface area contributed by atoms with Crippen molar-refractivity contribution in [3.05, 3.63) is 84.7 Å². The number of ether oxygens (including phenoxy) is 2. The van der Waals surface area contributed by atoms with E-state index in [1.54, 1.807) is 32.7 Å². The summed E-state index contributed by atoms with van der Waals surface area (Å²) >= 11 is 0. The topological polar surface area (TPSA) is 62.1 Å². The Hall–Kier alpha value is -4.59. The standard InChI is InChI=1S/C27H18F2N4O2/c1-34-17-12-16(13-18(14-17)35-2)33-26-21-6-4-10-31-24(21)23-20(5-3-9-30-23)25(26)32-27(33)19-8-7-15(28)11-22(19)29/h3-14H,1-2H3. The average Bonchev–Trinajstić information content (AvgIpc) is 3.29. The molecule has 172 valence electrons. The van der Waals surface area contributed by atoms with Gasteiger partial charge in [0, 0.05) is 47.4 Å². The van der Waals surface area contributed by atoms with Gasteiger partial charge in [0.1, 0.15) is 29.0 Å². The van der Waals surface area contributed by atoms with Crippen LogP contribution in [0.1, 0.15) is 0 Å². The summed E-state index contributed by atoms with van der Waals surface area (Å²) in [6, 6.07) is 16.3. The zero-order chi connectivity index (χ0) is 24.1. The molecule has 0 aliphatic rings. The second-order valence-electron chi connectivity index (χ2n) is 7.96. The van der Waals surface area contributed by atoms with Crippen LogP contribution in [0.25, 0.3) is 49.9 Å². The Kier molecular flexibility index (Phi) is 4.81. The second-order valence-corrected chi connectivity index (χ2v) is 7.96. The predicted octanol–water partition coefficient (Wildman–Crippen LogP) is 6.08. The van der Waals surface area contributed by atoms with Crippen molar-refractivity contribution in [1.82, 2.24) is 19.5 Å². The number of halogens is 2. The normalized spacial score (nSPS) is 11.4. The molecule has 6 aromatic rings. The van der Waals surface area contributed by atoms with Crippen LogP contribution in [0.15, 0.2) is 73.1 Å². The summed E-state index contributed by atoms with van der Waals surface area (Å²) in [5.41, 5.74) is 3.50. The van der Waals surface area contributed by atoms with Gasteiger partial charge in [-0.3, -0.25) is 14.5 Å². The third-order valence-electron chi connectivity index (χ3n) is 5.99. The molecule has 0 bridgehead atoms. The van der Waals surface area contributed by atoms with Crippen molar-refractivity contribution in [2.24, 2.45) is 0 Å². The van der Waals surface area contributed by atoms with Gasteiger partial charge in [-0.2, -0.15) is 0 Å². The molecule has 8 heteroatoms. The summed E-state index contributed by atoms with van der Waals surface area (Å²) in [4.78, 5) is 14.0. The van der Waals surface area contributed by atoms with Crippen LogP contribution < -0.4 is 9.47 Å². The number of nitrogens with zero attached hydrogens (tertiary/aromatic N) is 4. The van der Waals surface area contributed by atoms with E-state index in [4.69, 9.17) is 14.5 Å². The van der Waals surface area contributed by atoms with Gasteiger partial charge < -0.3 is 9.47 Å². The molecule has 0 fully saturated rings. The van der Waals surface area contributed by atoms with Gasteiger partial charge in [-0.15, -0.1) is 0 Å². The van der Waals surface area contributed by atoms with Crippen LogP contribution >= 0.6 is 0 Å². The maximum atomic E-state index is 15.1. The van der Waals surface area contributed by atoms with Crippen LogP contribution in [0, 0.1) is 11.6 Å². The van der Waals surface area contributed by atoms with Gasteiger partial charge in [-0.1, -0.05) is 0 Å². The Bertz CT molecular complexity index is 1740. The Morgan fingerprint density at radius 3 is 2.06 bits per heavy atom. The molecule has 3 heterocycles. The number of imidazole rings is 1. The number of methoxy groups -OCH3 is 2. The summed E-state index contributed by atoms with van der Waals surface area (Å²) in [5, 5.41) is 1.56. The van der Waals surface area contributed by atoms with Gasteiger partial charge in [0.2, 0.25) is 0 Å². The molecule has 0 saturated carbocycles. The van der Waals surface area contributed by atoms with E-state index in [0.29, 0.717) is 45.1 Å². The van der Waals surface area contributed by atoms with Gasteiger partial charge in [-0.05, 0) is 36.4 Å². The van der Waals surface area contributed by atoms with Gasteiger partial charge in [0.15, 0.2) is 0 Å². The molecule has 0 aliphatic carbocycles. The van der Waals surface area contributed by atoms with Crippen LogP contribution in [0.5, 0.6) is 11.5 Å². The number of fused-ring (bicyclic) bond motifs is 6. The number of hydrogen-bond donors (Lipinski definition) is 0. The second kappa shape index (κ2) is 8.02. The van der Waals surface area contributed by atoms with Crippen LogP contribution in [0.3, 0.4) is 0 Å². The molecule has 0 N–H and O–H groups in total. The minimum absolute atomic E-state index is 0.151. The number of aromatic nitrogens is 4. The largest absolute Gasteiger partial charge is 0.497 e. The van der Waals surface area contributed by atoms with Crippen molar-refractivity contribution in [1.29, 1.82) is 0 Å². The lowest BCUT2D eigenvalue weighted by atomic mass is 10.1. The summed E-state index contributed by atoms with van der Waals surface area (Å²) in [7, 11) is 3.12. The van der Waals surface area contributed by atoms with E-state index in [0.717, 1.165) is 16.8 Å². The van der Waals surface area contributed by atoms with E-state index in [9.17, 15) is 4.39 Å². The molecule has 0 radical (unpaired) electrons. The Morgan fingerprint density at radius 1 is 0.743 bits per heavy atom. The van der Waals surface area contributed by atoms with Crippen LogP contribution in [0.2, 0.25) is 0 Å². The number of pyridine rings is 2. The van der Waals surface area contributed by atoms with Gasteiger partial charge in [0.05, 0.1) is 47.5 Å². The van der Waals surface area contributed by atoms with E-state index >= 15 is 4.39 Å². The quantitative estimate of drug-likeness (QED) is 0.293. The monoisotopic (exact) mass is 468 g/mol. The fraction of sp³-hybridized carbons (Fsp3) is 0.0741. The summed E-state index contributed by atoms with van der Waals surface area (Å²) in [6.45, 7) is 0. The Balaban J connectivity index is 1.86. The summed E-state index contributed by atoms with van der Waals surface area (Å²) < 4.78 is 41.7. The van der Waals surface area contributed by atoms with Gasteiger partial charge >= 0.3 is 0 Å². The first-order valence-electron chi connectivity index (χ1n) is 10.8. The fourth-order valence-electron chi connectivity index (χ4n) is 4.45. The molecule has 3 aromatic carbocycles. The highest BCUT2D eigenvalue weighted by molar-refractivity contribution is 6.21. The lowest BCUT2D eigenvalue weighted by molar-refractivity contribution is 0.394. The molecular formula is C27H18F2N4O2. The SMILES string of the molecule is COc1cc(OC)cc(-n2c(-c3ccc(F)cc3F)nc3c4cccnc4c4ncccc4c32)c1. The number of benzene rings is 3. The summed E-state index contributed by atoms with van der Waals surface area (Å²) in [5.74, 6) is 0.0186. The van der Waals surface area contributed by atoms with Crippen molar-refractivity contribution < 1.29 is 18.3 Å². The van der Waals surface area contributed by atoms with E-state index in [1.165, 1.54) is 12.1 Å². The van der Waals surface area contributed by atoms with Crippen LogP contribution in [-0.2, 0) is 0 Å². The maximum absolute atomic E-state index is 15.1. The van der Waals surface area contributed by atoms with Crippen molar-refractivity contribution in [3.63, 3.8) is 0 Å². The fourth-order valence-corrected chi connectivity index (χ4v) is 4.45. The van der Waals surface area contributed by atoms with Crippen LogP contribution in [0.4, 0.5) is 8.78 Å². The first kappa shape index (κ1) is 21.0. The molecule has 0 atom stereocenters. The highest BCUT2D eigenvalue weighted by Gasteiger charge is 2.23. The Morgan fingerprint density at radius 2 is 1.40 bits per heavy atom. The molecule has 6 nitrogen and oxygen atoms in total.